The van der Waals surface area contributed by atoms with Crippen molar-refractivity contribution in [3.05, 3.63) is 112 Å². The van der Waals surface area contributed by atoms with E-state index in [-0.39, 0.29) is 12.1 Å². The van der Waals surface area contributed by atoms with E-state index in [1.807, 2.05) is 24.3 Å². The Morgan fingerprint density at radius 1 is 1.05 bits per heavy atom. The second-order valence-electron chi connectivity index (χ2n) is 10.0. The minimum Gasteiger partial charge on any atom is -0.377 e. The van der Waals surface area contributed by atoms with Crippen molar-refractivity contribution in [2.24, 2.45) is 0 Å². The molecule has 5 aromatic rings. The van der Waals surface area contributed by atoms with E-state index < -0.39 is 6.02 Å². The third-order valence-electron chi connectivity index (χ3n) is 7.21. The van der Waals surface area contributed by atoms with E-state index in [0.29, 0.717) is 49.7 Å². The van der Waals surface area contributed by atoms with E-state index in [4.69, 9.17) is 11.6 Å². The summed E-state index contributed by atoms with van der Waals surface area (Å²) >= 11 is 6.79. The smallest absolute Gasteiger partial charge is 0.109 e. The van der Waals surface area contributed by atoms with Crippen LogP contribution in [0, 0.1) is 22.7 Å². The summed E-state index contributed by atoms with van der Waals surface area (Å²) in [4.78, 5) is 4.49. The van der Waals surface area contributed by atoms with E-state index in [1.165, 1.54) is 6.20 Å². The molecule has 0 aliphatic heterocycles. The number of benzene rings is 3. The fraction of sp³-hybridized carbons (Fsp3) is 0.219. The molecule has 0 radical (unpaired) electrons. The number of hydrogen-bond acceptors (Lipinski definition) is 7. The van der Waals surface area contributed by atoms with Crippen LogP contribution in [0.4, 0.5) is 11.4 Å². The fourth-order valence-corrected chi connectivity index (χ4v) is 5.20. The molecule has 2 N–H and O–H groups in total. The minimum atomic E-state index is -1.60. The molecule has 202 valence electrons. The molecule has 8 nitrogen and oxygen atoms in total. The zero-order valence-corrected chi connectivity index (χ0v) is 23.1. The molecular formula is C32H27ClN8. The monoisotopic (exact) mass is 559 g/mol. The van der Waals surface area contributed by atoms with E-state index in [1.54, 1.807) is 41.2 Å². The molecule has 9 heteroatoms. The lowest BCUT2D eigenvalue weighted by Crippen LogP contribution is -2.14. The summed E-state index contributed by atoms with van der Waals surface area (Å²) < 4.78 is 11.5. The zero-order chi connectivity index (χ0) is 29.3. The number of pyridine rings is 1. The Morgan fingerprint density at radius 2 is 1.85 bits per heavy atom. The molecule has 0 saturated heterocycles. The van der Waals surface area contributed by atoms with Crippen LogP contribution in [0.15, 0.2) is 79.1 Å². The number of anilines is 2. The van der Waals surface area contributed by atoms with Gasteiger partial charge in [0.25, 0.3) is 0 Å². The van der Waals surface area contributed by atoms with E-state index in [2.05, 4.69) is 57.1 Å². The number of nitriles is 2. The average molecular weight is 560 g/mol. The first-order chi connectivity index (χ1) is 20.4. The highest BCUT2D eigenvalue weighted by Crippen LogP contribution is 2.38. The van der Waals surface area contributed by atoms with E-state index in [0.717, 1.165) is 24.8 Å². The Bertz CT molecular complexity index is 1850. The summed E-state index contributed by atoms with van der Waals surface area (Å²) in [6, 6.07) is 23.6. The van der Waals surface area contributed by atoms with Crippen LogP contribution in [-0.4, -0.2) is 20.0 Å². The second kappa shape index (κ2) is 11.3. The average Bonchev–Trinajstić information content (AvgIpc) is 3.75. The Morgan fingerprint density at radius 3 is 2.59 bits per heavy atom. The molecule has 1 aliphatic rings. The molecule has 0 bridgehead atoms. The molecule has 0 amide bonds. The van der Waals surface area contributed by atoms with Crippen molar-refractivity contribution in [1.82, 2.24) is 20.0 Å². The molecule has 2 aromatic heterocycles. The molecule has 0 spiro atoms. The van der Waals surface area contributed by atoms with Crippen molar-refractivity contribution in [3.63, 3.8) is 0 Å². The minimum absolute atomic E-state index is 0.0549. The lowest BCUT2D eigenvalue weighted by Gasteiger charge is -2.22. The molecule has 6 rings (SSSR count). The first kappa shape index (κ1) is 25.1. The highest BCUT2D eigenvalue weighted by molar-refractivity contribution is 6.35. The molecular weight excluding hydrogens is 532 g/mol. The van der Waals surface area contributed by atoms with Crippen LogP contribution in [0.1, 0.15) is 73.6 Å². The van der Waals surface area contributed by atoms with Gasteiger partial charge >= 0.3 is 0 Å². The molecule has 1 fully saturated rings. The van der Waals surface area contributed by atoms with Gasteiger partial charge in [0, 0.05) is 17.3 Å². The van der Waals surface area contributed by atoms with Gasteiger partial charge in [-0.2, -0.15) is 10.5 Å². The predicted octanol–water partition coefficient (Wildman–Crippen LogP) is 7.32. The predicted molar refractivity (Wildman–Crippen MR) is 159 cm³/mol. The third-order valence-corrected chi connectivity index (χ3v) is 7.50. The zero-order valence-electron chi connectivity index (χ0n) is 23.3. The normalized spacial score (nSPS) is 15.3. The first-order valence-electron chi connectivity index (χ1n) is 14.0. The van der Waals surface area contributed by atoms with Gasteiger partial charge in [-0.05, 0) is 54.7 Å². The highest BCUT2D eigenvalue weighted by Gasteiger charge is 2.27. The highest BCUT2D eigenvalue weighted by atomic mass is 35.5. The maximum Gasteiger partial charge on any atom is 0.109 e. The molecule has 1 saturated carbocycles. The van der Waals surface area contributed by atoms with Gasteiger partial charge in [0.05, 0.1) is 59.1 Å². The number of fused-ring (bicyclic) bond motifs is 1. The van der Waals surface area contributed by atoms with Crippen LogP contribution >= 0.6 is 11.6 Å². The van der Waals surface area contributed by atoms with Crippen molar-refractivity contribution >= 4 is 33.9 Å². The quantitative estimate of drug-likeness (QED) is 0.194. The molecule has 0 unspecified atom stereocenters. The summed E-state index contributed by atoms with van der Waals surface area (Å²) in [5.74, 6) is 0. The van der Waals surface area contributed by atoms with Gasteiger partial charge in [0.2, 0.25) is 0 Å². The number of rotatable bonds is 9. The molecule has 2 heterocycles. The van der Waals surface area contributed by atoms with E-state index in [9.17, 15) is 11.9 Å². The maximum atomic E-state index is 10.0. The van der Waals surface area contributed by atoms with Crippen LogP contribution in [0.25, 0.3) is 10.9 Å². The van der Waals surface area contributed by atoms with Crippen molar-refractivity contribution < 1.29 is 1.37 Å². The van der Waals surface area contributed by atoms with Crippen LogP contribution in [0.3, 0.4) is 0 Å². The van der Waals surface area contributed by atoms with Crippen LogP contribution in [-0.2, 0) is 0 Å². The van der Waals surface area contributed by atoms with Gasteiger partial charge < -0.3 is 10.6 Å². The van der Waals surface area contributed by atoms with Gasteiger partial charge in [-0.3, -0.25) is 4.98 Å². The number of hydrogen-bond donors (Lipinski definition) is 2. The van der Waals surface area contributed by atoms with E-state index >= 15 is 0 Å². The van der Waals surface area contributed by atoms with Gasteiger partial charge in [0.1, 0.15) is 11.8 Å². The second-order valence-corrected chi connectivity index (χ2v) is 10.4. The van der Waals surface area contributed by atoms with Gasteiger partial charge in [-0.25, -0.2) is 4.68 Å². The largest absolute Gasteiger partial charge is 0.377 e. The molecule has 41 heavy (non-hydrogen) atoms. The number of aromatic nitrogens is 4. The standard InChI is InChI=1S/C32H27ClN8/c1-2-28(21-8-4-3-5-9-21)38-30-23(17-35)18-36-32-26(30)14-24(15-27(32)33)37-31(22-10-6-7-20(13-22)16-34)29-19-41(40-39-29)25-11-12-25/h3-10,13-15,18-19,25,28,31,37H,2,11-12H2,1H3,(H,36,38)/t28-,31-/m1/s1/i31D. The Labute approximate surface area is 244 Å². The summed E-state index contributed by atoms with van der Waals surface area (Å²) in [5.41, 5.74) is 4.50. The van der Waals surface area contributed by atoms with Gasteiger partial charge in [-0.1, -0.05) is 66.2 Å². The van der Waals surface area contributed by atoms with Gasteiger partial charge in [-0.15, -0.1) is 5.10 Å². The molecule has 2 atom stereocenters. The Balaban J connectivity index is 1.47. The van der Waals surface area contributed by atoms with Crippen LogP contribution in [0.2, 0.25) is 5.02 Å². The lowest BCUT2D eigenvalue weighted by atomic mass is 10.0. The molecule has 1 aliphatic carbocycles. The topological polar surface area (TPSA) is 115 Å². The van der Waals surface area contributed by atoms with Crippen molar-refractivity contribution in [3.8, 4) is 12.1 Å². The summed E-state index contributed by atoms with van der Waals surface area (Å²) in [7, 11) is 0. The van der Waals surface area contributed by atoms with Crippen molar-refractivity contribution in [2.75, 3.05) is 10.6 Å². The Hall–Kier alpha value is -4.92. The SMILES string of the molecule is [2H][C@@](Nc1cc(Cl)c2ncc(C#N)c(N[C@H](CC)c3ccccc3)c2c1)(c1cccc(C#N)c1)c1cn(C2CC2)nn1. The van der Waals surface area contributed by atoms with Gasteiger partial charge in [0.15, 0.2) is 0 Å². The fourth-order valence-electron chi connectivity index (χ4n) is 4.93. The summed E-state index contributed by atoms with van der Waals surface area (Å²) in [5, 5.41) is 36.1. The summed E-state index contributed by atoms with van der Waals surface area (Å²) in [6.45, 7) is 2.08. The van der Waals surface area contributed by atoms with Crippen molar-refractivity contribution in [1.29, 1.82) is 10.5 Å². The summed E-state index contributed by atoms with van der Waals surface area (Å²) in [6.07, 6.45) is 6.15. The number of halogens is 1. The third kappa shape index (κ3) is 5.43. The molecule has 3 aromatic carbocycles. The number of nitrogens with zero attached hydrogens (tertiary/aromatic N) is 6. The first-order valence-corrected chi connectivity index (χ1v) is 13.9. The lowest BCUT2D eigenvalue weighted by molar-refractivity contribution is 0.610. The van der Waals surface area contributed by atoms with Crippen LogP contribution < -0.4 is 10.6 Å². The number of nitrogens with one attached hydrogen (secondary N) is 2. The Kier molecular flexibility index (Phi) is 6.90. The maximum absolute atomic E-state index is 10.0. The van der Waals surface area contributed by atoms with Crippen LogP contribution in [0.5, 0.6) is 0 Å². The van der Waals surface area contributed by atoms with Crippen molar-refractivity contribution in [2.45, 2.75) is 44.3 Å².